The van der Waals surface area contributed by atoms with Crippen LogP contribution in [0.5, 0.6) is 0 Å². The molecule has 4 rings (SSSR count). The van der Waals surface area contributed by atoms with Crippen LogP contribution in [-0.4, -0.2) is 45.9 Å². The third-order valence-electron chi connectivity index (χ3n) is 5.21. The van der Waals surface area contributed by atoms with Crippen molar-refractivity contribution in [2.45, 2.75) is 18.5 Å². The third-order valence-corrected chi connectivity index (χ3v) is 5.21. The Kier molecular flexibility index (Phi) is 5.13. The number of alkyl halides is 1. The summed E-state index contributed by atoms with van der Waals surface area (Å²) in [4.78, 5) is 29.6. The molecule has 7 nitrogen and oxygen atoms in total. The fourth-order valence-corrected chi connectivity index (χ4v) is 3.79. The van der Waals surface area contributed by atoms with Crippen LogP contribution in [0, 0.1) is 17.5 Å². The highest BCUT2D eigenvalue weighted by Gasteiger charge is 2.33. The van der Waals surface area contributed by atoms with E-state index in [2.05, 4.69) is 4.98 Å². The van der Waals surface area contributed by atoms with Crippen molar-refractivity contribution >= 4 is 22.8 Å². The molecule has 1 unspecified atom stereocenters. The number of anilines is 1. The van der Waals surface area contributed by atoms with Gasteiger partial charge < -0.3 is 15.7 Å². The van der Waals surface area contributed by atoms with Crippen molar-refractivity contribution in [3.63, 3.8) is 0 Å². The summed E-state index contributed by atoms with van der Waals surface area (Å²) in [7, 11) is 0. The highest BCUT2D eigenvalue weighted by atomic mass is 19.1. The zero-order valence-electron chi connectivity index (χ0n) is 15.9. The van der Waals surface area contributed by atoms with Crippen LogP contribution in [0.1, 0.15) is 16.8 Å². The van der Waals surface area contributed by atoms with Gasteiger partial charge in [0.1, 0.15) is 23.9 Å². The zero-order chi connectivity index (χ0) is 22.4. The molecule has 0 amide bonds. The second-order valence-electron chi connectivity index (χ2n) is 7.26. The Hall–Kier alpha value is -3.47. The molecule has 162 valence electrons. The highest BCUT2D eigenvalue weighted by molar-refractivity contribution is 5.92. The van der Waals surface area contributed by atoms with Gasteiger partial charge in [-0.05, 0) is 24.6 Å². The van der Waals surface area contributed by atoms with Gasteiger partial charge in [-0.15, -0.1) is 0 Å². The van der Waals surface area contributed by atoms with Crippen molar-refractivity contribution in [1.29, 1.82) is 0 Å². The number of hydrogen-bond acceptors (Lipinski definition) is 5. The van der Waals surface area contributed by atoms with Crippen molar-refractivity contribution < 1.29 is 27.5 Å². The molecule has 1 saturated heterocycles. The van der Waals surface area contributed by atoms with Gasteiger partial charge in [-0.2, -0.15) is 0 Å². The lowest BCUT2D eigenvalue weighted by molar-refractivity contribution is 0.0695. The number of rotatable bonds is 4. The Morgan fingerprint density at radius 1 is 1.23 bits per heavy atom. The predicted octanol–water partition coefficient (Wildman–Crippen LogP) is 2.38. The SMILES string of the molecule is N[C@H]1CC(CF)N(c2nc3c(cc2F)c(=O)c(C(=O)O)cn3-c2ccc(F)cc2F)C1. The minimum Gasteiger partial charge on any atom is -0.477 e. The number of benzene rings is 1. The fraction of sp³-hybridized carbons (Fsp3) is 0.250. The van der Waals surface area contributed by atoms with Crippen molar-refractivity contribution in [3.05, 3.63) is 63.7 Å². The number of aromatic nitrogens is 2. The molecule has 1 fully saturated rings. The number of carboxylic acids is 1. The lowest BCUT2D eigenvalue weighted by Crippen LogP contribution is -2.33. The molecule has 1 aromatic carbocycles. The number of fused-ring (bicyclic) bond motifs is 1. The van der Waals surface area contributed by atoms with Gasteiger partial charge in [-0.1, -0.05) is 0 Å². The minimum atomic E-state index is -1.62. The van der Waals surface area contributed by atoms with Crippen LogP contribution in [0.25, 0.3) is 16.7 Å². The normalized spacial score (nSPS) is 18.7. The first-order valence-corrected chi connectivity index (χ1v) is 9.24. The molecule has 0 radical (unpaired) electrons. The topological polar surface area (TPSA) is 101 Å². The number of aromatic carboxylic acids is 1. The van der Waals surface area contributed by atoms with Gasteiger partial charge in [-0.25, -0.2) is 27.3 Å². The molecule has 0 aliphatic carbocycles. The zero-order valence-corrected chi connectivity index (χ0v) is 15.9. The quantitative estimate of drug-likeness (QED) is 0.609. The monoisotopic (exact) mass is 436 g/mol. The number of halogens is 4. The number of pyridine rings is 2. The van der Waals surface area contributed by atoms with E-state index in [1.165, 1.54) is 4.90 Å². The van der Waals surface area contributed by atoms with Crippen molar-refractivity contribution in [2.24, 2.45) is 5.73 Å². The van der Waals surface area contributed by atoms with Crippen molar-refractivity contribution in [2.75, 3.05) is 18.1 Å². The van der Waals surface area contributed by atoms with Crippen LogP contribution in [0.3, 0.4) is 0 Å². The summed E-state index contributed by atoms with van der Waals surface area (Å²) in [5.41, 5.74) is 3.50. The summed E-state index contributed by atoms with van der Waals surface area (Å²) in [6.07, 6.45) is 1.09. The van der Waals surface area contributed by atoms with Gasteiger partial charge in [-0.3, -0.25) is 9.36 Å². The molecule has 3 heterocycles. The van der Waals surface area contributed by atoms with E-state index in [0.717, 1.165) is 29.0 Å². The van der Waals surface area contributed by atoms with Crippen LogP contribution < -0.4 is 16.1 Å². The van der Waals surface area contributed by atoms with E-state index in [-0.39, 0.29) is 30.1 Å². The number of nitrogens with two attached hydrogens (primary N) is 1. The van der Waals surface area contributed by atoms with Gasteiger partial charge in [0.2, 0.25) is 5.43 Å². The number of carbonyl (C=O) groups is 1. The van der Waals surface area contributed by atoms with Crippen LogP contribution in [0.15, 0.2) is 35.3 Å². The second-order valence-corrected chi connectivity index (χ2v) is 7.26. The first-order chi connectivity index (χ1) is 14.7. The molecule has 31 heavy (non-hydrogen) atoms. The summed E-state index contributed by atoms with van der Waals surface area (Å²) >= 11 is 0. The van der Waals surface area contributed by atoms with Gasteiger partial charge in [0.15, 0.2) is 17.3 Å². The maximum absolute atomic E-state index is 14.9. The van der Waals surface area contributed by atoms with Crippen molar-refractivity contribution in [3.8, 4) is 5.69 Å². The fourth-order valence-electron chi connectivity index (χ4n) is 3.79. The van der Waals surface area contributed by atoms with E-state index < -0.39 is 58.6 Å². The molecular weight excluding hydrogens is 420 g/mol. The highest BCUT2D eigenvalue weighted by Crippen LogP contribution is 2.29. The Bertz CT molecular complexity index is 1260. The third kappa shape index (κ3) is 3.50. The molecule has 2 aromatic heterocycles. The van der Waals surface area contributed by atoms with Crippen molar-refractivity contribution in [1.82, 2.24) is 9.55 Å². The van der Waals surface area contributed by atoms with E-state index in [1.807, 2.05) is 0 Å². The Morgan fingerprint density at radius 3 is 2.61 bits per heavy atom. The first kappa shape index (κ1) is 20.8. The number of carboxylic acid groups (broad SMARTS) is 1. The summed E-state index contributed by atoms with van der Waals surface area (Å²) in [6.45, 7) is -0.712. The standard InChI is InChI=1S/C20H16F4N4O3/c21-6-11-4-10(25)7-27(11)19-15(24)5-12-17(29)13(20(30)31)8-28(18(12)26-19)16-2-1-9(22)3-14(16)23/h1-3,5,8,10-11H,4,6-7,25H2,(H,30,31)/t10-,11?/m0/s1. The lowest BCUT2D eigenvalue weighted by Gasteiger charge is -2.24. The van der Waals surface area contributed by atoms with Gasteiger partial charge in [0, 0.05) is 24.8 Å². The lowest BCUT2D eigenvalue weighted by atomic mass is 10.1. The largest absolute Gasteiger partial charge is 0.477 e. The molecular formula is C20H16F4N4O3. The molecule has 0 saturated carbocycles. The smallest absolute Gasteiger partial charge is 0.341 e. The Labute approximate surface area is 172 Å². The van der Waals surface area contributed by atoms with Crippen LogP contribution in [0.4, 0.5) is 23.4 Å². The molecule has 0 bridgehead atoms. The predicted molar refractivity (Wildman–Crippen MR) is 104 cm³/mol. The van der Waals surface area contributed by atoms with E-state index in [4.69, 9.17) is 5.73 Å². The first-order valence-electron chi connectivity index (χ1n) is 9.24. The molecule has 11 heteroatoms. The summed E-state index contributed by atoms with van der Waals surface area (Å²) in [5, 5.41) is 8.93. The maximum Gasteiger partial charge on any atom is 0.341 e. The summed E-state index contributed by atoms with van der Waals surface area (Å²) in [6, 6.07) is 2.15. The molecule has 1 aliphatic rings. The second kappa shape index (κ2) is 7.65. The summed E-state index contributed by atoms with van der Waals surface area (Å²) < 4.78 is 57.1. The Balaban J connectivity index is 2.04. The van der Waals surface area contributed by atoms with Crippen LogP contribution >= 0.6 is 0 Å². The van der Waals surface area contributed by atoms with E-state index in [1.54, 1.807) is 0 Å². The average molecular weight is 436 g/mol. The number of nitrogens with zero attached hydrogens (tertiary/aromatic N) is 3. The van der Waals surface area contributed by atoms with E-state index in [0.29, 0.717) is 6.07 Å². The number of hydrogen-bond donors (Lipinski definition) is 2. The molecule has 3 aromatic rings. The molecule has 2 atom stereocenters. The van der Waals surface area contributed by atoms with Gasteiger partial charge in [0.05, 0.1) is 17.1 Å². The molecule has 0 spiro atoms. The summed E-state index contributed by atoms with van der Waals surface area (Å²) in [5.74, 6) is -4.83. The average Bonchev–Trinajstić information content (AvgIpc) is 3.09. The Morgan fingerprint density at radius 2 is 1.97 bits per heavy atom. The molecule has 1 aliphatic heterocycles. The minimum absolute atomic E-state index is 0.104. The van der Waals surface area contributed by atoms with Gasteiger partial charge in [0.25, 0.3) is 0 Å². The maximum atomic E-state index is 14.9. The van der Waals surface area contributed by atoms with Crippen LogP contribution in [0.2, 0.25) is 0 Å². The van der Waals surface area contributed by atoms with Crippen LogP contribution in [-0.2, 0) is 0 Å². The van der Waals surface area contributed by atoms with E-state index in [9.17, 15) is 32.3 Å². The molecule has 3 N–H and O–H groups in total. The van der Waals surface area contributed by atoms with E-state index >= 15 is 0 Å². The van der Waals surface area contributed by atoms with Gasteiger partial charge >= 0.3 is 5.97 Å².